The van der Waals surface area contributed by atoms with E-state index in [2.05, 4.69) is 25.5 Å². The van der Waals surface area contributed by atoms with Gasteiger partial charge in [0.15, 0.2) is 0 Å². The molecule has 0 aliphatic heterocycles. The molecule has 4 aromatic rings. The molecule has 2 aromatic heterocycles. The normalized spacial score (nSPS) is 11.4. The number of fused-ring (bicyclic) bond motifs is 1. The first kappa shape index (κ1) is 25.7. The Bertz CT molecular complexity index is 1460. The number of halogens is 3. The molecule has 0 saturated heterocycles. The van der Waals surface area contributed by atoms with Gasteiger partial charge in [-0.2, -0.15) is 13.2 Å². The van der Waals surface area contributed by atoms with E-state index in [1.54, 1.807) is 31.3 Å². The lowest BCUT2D eigenvalue weighted by Crippen LogP contribution is -2.26. The standard InChI is InChI=1S/C27H26F3N5O2/c1-4-35(5-2)23-20-11-12-31-24(20)32-15-21(23)26(37)34-22-14-19(10-9-16(22)3)33-25(36)17-7-6-8-18(13-17)27(28,29)30/h6-15H,4-5H2,1-3H3,(H,31,32)(H,33,36)(H,34,37). The third kappa shape index (κ3) is 5.42. The first-order chi connectivity index (χ1) is 17.6. The van der Waals surface area contributed by atoms with Gasteiger partial charge < -0.3 is 20.5 Å². The zero-order chi connectivity index (χ0) is 26.7. The lowest BCUT2D eigenvalue weighted by molar-refractivity contribution is -0.137. The largest absolute Gasteiger partial charge is 0.416 e. The molecule has 10 heteroatoms. The number of H-pyrrole nitrogens is 1. The van der Waals surface area contributed by atoms with E-state index in [-0.39, 0.29) is 11.5 Å². The molecule has 0 unspecified atom stereocenters. The minimum absolute atomic E-state index is 0.129. The highest BCUT2D eigenvalue weighted by Crippen LogP contribution is 2.31. The summed E-state index contributed by atoms with van der Waals surface area (Å²) in [6, 6.07) is 11.0. The van der Waals surface area contributed by atoms with Crippen molar-refractivity contribution >= 4 is 39.9 Å². The number of hydrogen-bond acceptors (Lipinski definition) is 4. The summed E-state index contributed by atoms with van der Waals surface area (Å²) in [4.78, 5) is 35.5. The Hall–Kier alpha value is -4.34. The van der Waals surface area contributed by atoms with Crippen molar-refractivity contribution < 1.29 is 22.8 Å². The van der Waals surface area contributed by atoms with Crippen LogP contribution >= 0.6 is 0 Å². The fraction of sp³-hybridized carbons (Fsp3) is 0.222. The molecule has 2 heterocycles. The van der Waals surface area contributed by atoms with E-state index in [4.69, 9.17) is 0 Å². The highest BCUT2D eigenvalue weighted by atomic mass is 19.4. The SMILES string of the molecule is CCN(CC)c1c(C(=O)Nc2cc(NC(=O)c3cccc(C(F)(F)F)c3)ccc2C)cnc2[nH]ccc12. The minimum Gasteiger partial charge on any atom is -0.371 e. The summed E-state index contributed by atoms with van der Waals surface area (Å²) < 4.78 is 39.1. The molecule has 0 saturated carbocycles. The van der Waals surface area contributed by atoms with Crippen LogP contribution in [0.1, 0.15) is 45.7 Å². The fourth-order valence-corrected chi connectivity index (χ4v) is 4.10. The van der Waals surface area contributed by atoms with Gasteiger partial charge in [-0.15, -0.1) is 0 Å². The average Bonchev–Trinajstić information content (AvgIpc) is 3.35. The predicted molar refractivity (Wildman–Crippen MR) is 138 cm³/mol. The number of carbonyl (C=O) groups excluding carboxylic acids is 2. The van der Waals surface area contributed by atoms with Crippen LogP contribution in [0.3, 0.4) is 0 Å². The van der Waals surface area contributed by atoms with Gasteiger partial charge >= 0.3 is 6.18 Å². The number of nitrogens with one attached hydrogen (secondary N) is 3. The second-order valence-corrected chi connectivity index (χ2v) is 8.45. The molecular weight excluding hydrogens is 483 g/mol. The van der Waals surface area contributed by atoms with E-state index in [0.717, 1.165) is 28.8 Å². The first-order valence-electron chi connectivity index (χ1n) is 11.7. The number of hydrogen-bond donors (Lipinski definition) is 3. The summed E-state index contributed by atoms with van der Waals surface area (Å²) in [5.41, 5.74) is 2.32. The van der Waals surface area contributed by atoms with Crippen LogP contribution in [0.4, 0.5) is 30.2 Å². The Kier molecular flexibility index (Phi) is 7.19. The Morgan fingerprint density at radius 2 is 1.76 bits per heavy atom. The van der Waals surface area contributed by atoms with Gasteiger partial charge in [-0.25, -0.2) is 4.98 Å². The van der Waals surface area contributed by atoms with Gasteiger partial charge in [0, 0.05) is 47.8 Å². The molecule has 0 aliphatic carbocycles. The van der Waals surface area contributed by atoms with Gasteiger partial charge in [0.2, 0.25) is 0 Å². The summed E-state index contributed by atoms with van der Waals surface area (Å²) in [5, 5.41) is 6.33. The lowest BCUT2D eigenvalue weighted by Gasteiger charge is -2.24. The van der Waals surface area contributed by atoms with Crippen LogP contribution in [0.2, 0.25) is 0 Å². The van der Waals surface area contributed by atoms with Crippen molar-refractivity contribution in [2.24, 2.45) is 0 Å². The van der Waals surface area contributed by atoms with Gasteiger partial charge in [0.1, 0.15) is 5.65 Å². The number of rotatable bonds is 7. The number of nitrogens with zero attached hydrogens (tertiary/aromatic N) is 2. The number of aryl methyl sites for hydroxylation is 1. The number of aromatic nitrogens is 2. The Morgan fingerprint density at radius 1 is 1.00 bits per heavy atom. The molecule has 0 fully saturated rings. The Morgan fingerprint density at radius 3 is 2.46 bits per heavy atom. The molecule has 3 N–H and O–H groups in total. The van der Waals surface area contributed by atoms with Crippen LogP contribution in [0.5, 0.6) is 0 Å². The van der Waals surface area contributed by atoms with E-state index in [0.29, 0.717) is 35.7 Å². The smallest absolute Gasteiger partial charge is 0.371 e. The first-order valence-corrected chi connectivity index (χ1v) is 11.7. The molecule has 2 aromatic carbocycles. The highest BCUT2D eigenvalue weighted by molar-refractivity contribution is 6.13. The number of pyridine rings is 1. The monoisotopic (exact) mass is 509 g/mol. The lowest BCUT2D eigenvalue weighted by atomic mass is 10.1. The van der Waals surface area contributed by atoms with Crippen molar-refractivity contribution in [2.75, 3.05) is 28.6 Å². The van der Waals surface area contributed by atoms with Gasteiger partial charge in [-0.3, -0.25) is 9.59 Å². The van der Waals surface area contributed by atoms with Gasteiger partial charge in [0.05, 0.1) is 16.8 Å². The van der Waals surface area contributed by atoms with Crippen LogP contribution in [0.25, 0.3) is 11.0 Å². The minimum atomic E-state index is -4.56. The maximum absolute atomic E-state index is 13.4. The maximum Gasteiger partial charge on any atom is 0.416 e. The number of anilines is 3. The van der Waals surface area contributed by atoms with Crippen molar-refractivity contribution in [2.45, 2.75) is 26.9 Å². The molecule has 0 radical (unpaired) electrons. The molecule has 192 valence electrons. The molecule has 37 heavy (non-hydrogen) atoms. The van der Waals surface area contributed by atoms with Crippen molar-refractivity contribution in [3.63, 3.8) is 0 Å². The number of aromatic amines is 1. The van der Waals surface area contributed by atoms with Crippen LogP contribution < -0.4 is 15.5 Å². The summed E-state index contributed by atoms with van der Waals surface area (Å²) in [6.45, 7) is 7.19. The second-order valence-electron chi connectivity index (χ2n) is 8.45. The Labute approximate surface area is 211 Å². The van der Waals surface area contributed by atoms with Gasteiger partial charge in [-0.1, -0.05) is 12.1 Å². The van der Waals surface area contributed by atoms with E-state index in [1.165, 1.54) is 18.3 Å². The number of benzene rings is 2. The molecule has 2 amide bonds. The maximum atomic E-state index is 13.4. The number of amides is 2. The van der Waals surface area contributed by atoms with Crippen molar-refractivity contribution in [1.82, 2.24) is 9.97 Å². The summed E-state index contributed by atoms with van der Waals surface area (Å²) in [6.07, 6.45) is -1.26. The number of alkyl halides is 3. The molecule has 0 bridgehead atoms. The van der Waals surface area contributed by atoms with E-state index in [1.807, 2.05) is 19.9 Å². The van der Waals surface area contributed by atoms with Gasteiger partial charge in [0.25, 0.3) is 11.8 Å². The average molecular weight is 510 g/mol. The van der Waals surface area contributed by atoms with E-state index < -0.39 is 17.6 Å². The fourth-order valence-electron chi connectivity index (χ4n) is 4.10. The quantitative estimate of drug-likeness (QED) is 0.275. The van der Waals surface area contributed by atoms with E-state index in [9.17, 15) is 22.8 Å². The third-order valence-electron chi connectivity index (χ3n) is 6.08. The molecule has 0 aliphatic rings. The third-order valence-corrected chi connectivity index (χ3v) is 6.08. The summed E-state index contributed by atoms with van der Waals surface area (Å²) >= 11 is 0. The molecule has 4 rings (SSSR count). The zero-order valence-corrected chi connectivity index (χ0v) is 20.5. The topological polar surface area (TPSA) is 90.1 Å². The Balaban J connectivity index is 1.60. The molecular formula is C27H26F3N5O2. The van der Waals surface area contributed by atoms with Crippen molar-refractivity contribution in [3.8, 4) is 0 Å². The van der Waals surface area contributed by atoms with Crippen LogP contribution in [-0.4, -0.2) is 34.9 Å². The molecule has 0 atom stereocenters. The molecule has 7 nitrogen and oxygen atoms in total. The van der Waals surface area contributed by atoms with Crippen molar-refractivity contribution in [3.05, 3.63) is 83.2 Å². The highest BCUT2D eigenvalue weighted by Gasteiger charge is 2.31. The van der Waals surface area contributed by atoms with Crippen LogP contribution in [0.15, 0.2) is 60.9 Å². The predicted octanol–water partition coefficient (Wildman–Crippen LogP) is 6.24. The van der Waals surface area contributed by atoms with Crippen LogP contribution in [-0.2, 0) is 6.18 Å². The van der Waals surface area contributed by atoms with Crippen LogP contribution in [0, 0.1) is 6.92 Å². The second kappa shape index (κ2) is 10.3. The number of carbonyl (C=O) groups is 2. The van der Waals surface area contributed by atoms with Crippen molar-refractivity contribution in [1.29, 1.82) is 0 Å². The summed E-state index contributed by atoms with van der Waals surface area (Å²) in [7, 11) is 0. The summed E-state index contributed by atoms with van der Waals surface area (Å²) in [5.74, 6) is -1.07. The van der Waals surface area contributed by atoms with Gasteiger partial charge in [-0.05, 0) is 62.7 Å². The zero-order valence-electron chi connectivity index (χ0n) is 20.5. The molecule has 0 spiro atoms. The van der Waals surface area contributed by atoms with E-state index >= 15 is 0 Å².